The molecule has 2 aliphatic rings. The number of methoxy groups -OCH3 is 3. The van der Waals surface area contributed by atoms with Crippen molar-refractivity contribution in [1.82, 2.24) is 15.1 Å². The minimum absolute atomic E-state index is 0.0974. The van der Waals surface area contributed by atoms with Crippen molar-refractivity contribution in [3.8, 4) is 17.2 Å². The molecule has 0 spiro atoms. The Morgan fingerprint density at radius 3 is 2.26 bits per heavy atom. The number of benzene rings is 2. The van der Waals surface area contributed by atoms with E-state index in [0.29, 0.717) is 36.1 Å². The van der Waals surface area contributed by atoms with Crippen LogP contribution in [0.2, 0.25) is 5.02 Å². The lowest BCUT2D eigenvalue weighted by Crippen LogP contribution is -2.57. The highest BCUT2D eigenvalue weighted by atomic mass is 35.5. The molecule has 0 radical (unpaired) electrons. The van der Waals surface area contributed by atoms with E-state index < -0.39 is 0 Å². The Morgan fingerprint density at radius 1 is 1.00 bits per heavy atom. The molecule has 4 rings (SSSR count). The molecular weight excluding hydrogens is 472 g/mol. The Bertz CT molecular complexity index is 973. The first-order valence-electron chi connectivity index (χ1n) is 11.7. The normalized spacial score (nSPS) is 20.9. The first-order chi connectivity index (χ1) is 17.0. The zero-order valence-electron chi connectivity index (χ0n) is 20.4. The number of nitrogens with zero attached hydrogens (tertiary/aromatic N) is 2. The summed E-state index contributed by atoms with van der Waals surface area (Å²) in [5, 5.41) is 6.71. The molecule has 2 aliphatic heterocycles. The van der Waals surface area contributed by atoms with Gasteiger partial charge in [-0.05, 0) is 17.7 Å². The molecule has 0 saturated carbocycles. The molecule has 2 atom stereocenters. The number of hydrogen-bond donors (Lipinski definition) is 2. The molecule has 9 nitrogen and oxygen atoms in total. The smallest absolute Gasteiger partial charge is 0.319 e. The number of anilines is 1. The highest BCUT2D eigenvalue weighted by molar-refractivity contribution is 6.30. The maximum absolute atomic E-state index is 12.8. The molecule has 2 aromatic carbocycles. The van der Waals surface area contributed by atoms with Crippen LogP contribution in [-0.2, 0) is 11.3 Å². The molecule has 190 valence electrons. The summed E-state index contributed by atoms with van der Waals surface area (Å²) in [4.78, 5) is 17.7. The maximum atomic E-state index is 12.8. The van der Waals surface area contributed by atoms with Crippen molar-refractivity contribution in [2.45, 2.75) is 18.6 Å². The van der Waals surface area contributed by atoms with Gasteiger partial charge in [-0.25, -0.2) is 4.79 Å². The summed E-state index contributed by atoms with van der Waals surface area (Å²) >= 11 is 6.00. The molecule has 2 amide bonds. The monoisotopic (exact) mass is 504 g/mol. The number of rotatable bonds is 8. The fraction of sp³-hybridized carbons (Fsp3) is 0.480. The Kier molecular flexibility index (Phi) is 8.56. The first-order valence-corrected chi connectivity index (χ1v) is 12.0. The number of halogens is 1. The van der Waals surface area contributed by atoms with Crippen LogP contribution in [0.1, 0.15) is 5.56 Å². The van der Waals surface area contributed by atoms with Crippen LogP contribution in [0.4, 0.5) is 10.5 Å². The van der Waals surface area contributed by atoms with Gasteiger partial charge >= 0.3 is 6.03 Å². The molecule has 2 N–H and O–H groups in total. The summed E-state index contributed by atoms with van der Waals surface area (Å²) < 4.78 is 21.8. The summed E-state index contributed by atoms with van der Waals surface area (Å²) in [5.41, 5.74) is 1.80. The first kappa shape index (κ1) is 25.4. The van der Waals surface area contributed by atoms with Gasteiger partial charge in [0.25, 0.3) is 0 Å². The van der Waals surface area contributed by atoms with Gasteiger partial charge in [0.1, 0.15) is 0 Å². The third-order valence-electron chi connectivity index (χ3n) is 6.48. The number of piperazine rings is 1. The number of nitrogens with one attached hydrogen (secondary N) is 2. The van der Waals surface area contributed by atoms with E-state index in [1.54, 1.807) is 12.1 Å². The third kappa shape index (κ3) is 6.29. The van der Waals surface area contributed by atoms with Crippen LogP contribution >= 0.6 is 11.6 Å². The van der Waals surface area contributed by atoms with Crippen LogP contribution in [-0.4, -0.2) is 88.6 Å². The number of carbonyl (C=O) groups excluding carboxylic acids is 1. The van der Waals surface area contributed by atoms with Crippen molar-refractivity contribution in [2.24, 2.45) is 0 Å². The second-order valence-electron chi connectivity index (χ2n) is 8.66. The van der Waals surface area contributed by atoms with E-state index in [0.717, 1.165) is 37.7 Å². The van der Waals surface area contributed by atoms with E-state index >= 15 is 0 Å². The van der Waals surface area contributed by atoms with Gasteiger partial charge < -0.3 is 29.6 Å². The maximum Gasteiger partial charge on any atom is 0.319 e. The van der Waals surface area contributed by atoms with E-state index in [4.69, 9.17) is 30.5 Å². The minimum atomic E-state index is -0.304. The third-order valence-corrected chi connectivity index (χ3v) is 6.74. The minimum Gasteiger partial charge on any atom is -0.493 e. The molecule has 2 heterocycles. The molecule has 0 aromatic heterocycles. The second kappa shape index (κ2) is 11.8. The fourth-order valence-electron chi connectivity index (χ4n) is 4.63. The van der Waals surface area contributed by atoms with Gasteiger partial charge in [0, 0.05) is 49.9 Å². The lowest BCUT2D eigenvalue weighted by atomic mass is 10.1. The summed E-state index contributed by atoms with van der Waals surface area (Å²) in [6.07, 6.45) is 0. The largest absolute Gasteiger partial charge is 0.493 e. The van der Waals surface area contributed by atoms with Crippen molar-refractivity contribution in [1.29, 1.82) is 0 Å². The lowest BCUT2D eigenvalue weighted by molar-refractivity contribution is 0.0774. The highest BCUT2D eigenvalue weighted by Crippen LogP contribution is 2.39. The van der Waals surface area contributed by atoms with E-state index in [9.17, 15) is 4.79 Å². The zero-order chi connectivity index (χ0) is 24.8. The van der Waals surface area contributed by atoms with Gasteiger partial charge in [0.05, 0.1) is 52.3 Å². The van der Waals surface area contributed by atoms with Gasteiger partial charge in [-0.1, -0.05) is 23.7 Å². The molecule has 2 saturated heterocycles. The van der Waals surface area contributed by atoms with E-state index in [2.05, 4.69) is 32.6 Å². The van der Waals surface area contributed by atoms with E-state index in [-0.39, 0.29) is 18.1 Å². The zero-order valence-corrected chi connectivity index (χ0v) is 21.1. The number of amides is 2. The van der Waals surface area contributed by atoms with Crippen molar-refractivity contribution < 1.29 is 23.7 Å². The van der Waals surface area contributed by atoms with Gasteiger partial charge in [-0.15, -0.1) is 0 Å². The average Bonchev–Trinajstić information content (AvgIpc) is 3.33. The van der Waals surface area contributed by atoms with Gasteiger partial charge in [0.15, 0.2) is 11.5 Å². The molecule has 0 unspecified atom stereocenters. The number of hydrogen-bond acceptors (Lipinski definition) is 7. The quantitative estimate of drug-likeness (QED) is 0.571. The Morgan fingerprint density at radius 2 is 1.66 bits per heavy atom. The van der Waals surface area contributed by atoms with Crippen LogP contribution in [0.25, 0.3) is 0 Å². The molecule has 35 heavy (non-hydrogen) atoms. The van der Waals surface area contributed by atoms with Gasteiger partial charge in [-0.2, -0.15) is 0 Å². The second-order valence-corrected chi connectivity index (χ2v) is 9.10. The van der Waals surface area contributed by atoms with Crippen LogP contribution in [0.5, 0.6) is 17.2 Å². The van der Waals surface area contributed by atoms with Crippen LogP contribution in [0.15, 0.2) is 36.4 Å². The number of carbonyl (C=O) groups is 1. The molecular formula is C25H33ClN4O5. The van der Waals surface area contributed by atoms with Crippen molar-refractivity contribution in [3.63, 3.8) is 0 Å². The van der Waals surface area contributed by atoms with Crippen LogP contribution < -0.4 is 24.8 Å². The Balaban J connectivity index is 1.31. The Hall–Kier alpha value is -2.72. The van der Waals surface area contributed by atoms with Gasteiger partial charge in [-0.3, -0.25) is 9.80 Å². The molecule has 2 aromatic rings. The molecule has 0 bridgehead atoms. The highest BCUT2D eigenvalue weighted by Gasteiger charge is 2.35. The van der Waals surface area contributed by atoms with Crippen LogP contribution in [0.3, 0.4) is 0 Å². The summed E-state index contributed by atoms with van der Waals surface area (Å²) in [6, 6.07) is 11.1. The predicted molar refractivity (Wildman–Crippen MR) is 135 cm³/mol. The van der Waals surface area contributed by atoms with Crippen LogP contribution in [0, 0.1) is 0 Å². The number of ether oxygens (including phenoxy) is 4. The standard InChI is InChI=1S/C25H33ClN4O5/c1-32-22-12-19(13-23(33-2)24(22)34-3)27-25(31)28-20-15-35-16-21(20)30-10-8-29(9-11-30)14-17-4-6-18(26)7-5-17/h4-7,12-13,20-21H,8-11,14-16H2,1-3H3,(H2,27,28,31)/t20-,21-/m1/s1. The average molecular weight is 505 g/mol. The SMILES string of the molecule is COc1cc(NC(=O)N[C@@H]2COC[C@H]2N2CCN(Cc3ccc(Cl)cc3)CC2)cc(OC)c1OC. The van der Waals surface area contributed by atoms with E-state index in [1.165, 1.54) is 26.9 Å². The fourth-order valence-corrected chi connectivity index (χ4v) is 4.76. The van der Waals surface area contributed by atoms with E-state index in [1.807, 2.05) is 12.1 Å². The Labute approximate surface area is 211 Å². The predicted octanol–water partition coefficient (Wildman–Crippen LogP) is 3.07. The summed E-state index contributed by atoms with van der Waals surface area (Å²) in [6.45, 7) is 5.77. The number of urea groups is 1. The molecule has 2 fully saturated rings. The summed E-state index contributed by atoms with van der Waals surface area (Å²) in [7, 11) is 4.62. The molecule has 10 heteroatoms. The van der Waals surface area contributed by atoms with Gasteiger partial charge in [0.2, 0.25) is 5.75 Å². The lowest BCUT2D eigenvalue weighted by Gasteiger charge is -2.39. The molecule has 0 aliphatic carbocycles. The summed E-state index contributed by atoms with van der Waals surface area (Å²) in [5.74, 6) is 1.42. The van der Waals surface area contributed by atoms with Crippen molar-refractivity contribution >= 4 is 23.3 Å². The van der Waals surface area contributed by atoms with Crippen molar-refractivity contribution in [3.05, 3.63) is 47.0 Å². The van der Waals surface area contributed by atoms with Crippen molar-refractivity contribution in [2.75, 3.05) is 66.0 Å². The topological polar surface area (TPSA) is 84.5 Å².